The van der Waals surface area contributed by atoms with E-state index in [1.807, 2.05) is 0 Å². The van der Waals surface area contributed by atoms with Crippen LogP contribution in [-0.2, 0) is 28.6 Å². The van der Waals surface area contributed by atoms with E-state index >= 15 is 0 Å². The van der Waals surface area contributed by atoms with Crippen LogP contribution < -0.4 is 0 Å². The molecule has 0 aliphatic carbocycles. The van der Waals surface area contributed by atoms with E-state index < -0.39 is 19.1 Å². The van der Waals surface area contributed by atoms with E-state index in [1.165, 1.54) is 0 Å². The second-order valence-electron chi connectivity index (χ2n) is 0.0833. The first kappa shape index (κ1) is 9.37. The quantitative estimate of drug-likeness (QED) is 0.539. The summed E-state index contributed by atoms with van der Waals surface area (Å²) in [6, 6.07) is 0. The molecule has 0 N–H and O–H groups in total. The zero-order chi connectivity index (χ0) is 4.71. The fourth-order valence-electron chi connectivity index (χ4n) is 0. The molecule has 0 aromatic carbocycles. The van der Waals surface area contributed by atoms with Gasteiger partial charge in [0.2, 0.25) is 0 Å². The Morgan fingerprint density at radius 3 is 1.20 bits per heavy atom. The third kappa shape index (κ3) is 45.1. The third-order valence-electron chi connectivity index (χ3n) is 0. The SMILES string of the molecule is [O]=[BiH].[O]=[Ti]=[O]. The van der Waals surface area contributed by atoms with Crippen LogP contribution in [0.2, 0.25) is 0 Å². The fraction of sp³-hybridized carbons (Fsp3) is 0. The summed E-state index contributed by atoms with van der Waals surface area (Å²) in [5.74, 6) is 0. The van der Waals surface area contributed by atoms with Crippen molar-refractivity contribution in [1.29, 1.82) is 0 Å². The van der Waals surface area contributed by atoms with Crippen molar-refractivity contribution >= 4 is 24.7 Å². The van der Waals surface area contributed by atoms with Crippen LogP contribution in [0.25, 0.3) is 0 Å². The topological polar surface area (TPSA) is 51.2 Å². The molecule has 3 nitrogen and oxygen atoms in total. The maximum absolute atomic E-state index is 8.50. The molecule has 0 atom stereocenters. The second-order valence-corrected chi connectivity index (χ2v) is 0.344. The van der Waals surface area contributed by atoms with E-state index in [1.54, 1.807) is 0 Å². The minimum absolute atomic E-state index is 0.0556. The monoisotopic (exact) mass is 306 g/mol. The van der Waals surface area contributed by atoms with Gasteiger partial charge in [-0.25, -0.2) is 0 Å². The molecule has 0 amide bonds. The van der Waals surface area contributed by atoms with Crippen molar-refractivity contribution in [2.45, 2.75) is 0 Å². The molecule has 0 aromatic heterocycles. The Morgan fingerprint density at radius 2 is 1.20 bits per heavy atom. The average Bonchev–Trinajstić information content (AvgIpc) is 1.46. The summed E-state index contributed by atoms with van der Waals surface area (Å²) in [5.41, 5.74) is 0. The van der Waals surface area contributed by atoms with Crippen molar-refractivity contribution in [2.24, 2.45) is 0 Å². The molecule has 0 radical (unpaired) electrons. The number of hydrogen-bond donors (Lipinski definition) is 0. The molecule has 0 aliphatic heterocycles. The van der Waals surface area contributed by atoms with Crippen molar-refractivity contribution in [2.75, 3.05) is 0 Å². The van der Waals surface area contributed by atoms with Gasteiger partial charge in [-0.2, -0.15) is 0 Å². The van der Waals surface area contributed by atoms with Crippen LogP contribution >= 0.6 is 0 Å². The molecule has 0 heterocycles. The molecule has 5 heteroatoms. The van der Waals surface area contributed by atoms with Crippen LogP contribution in [0.3, 0.4) is 0 Å². The molecule has 0 saturated carbocycles. The predicted molar refractivity (Wildman–Crippen MR) is 9.21 cm³/mol. The Hall–Kier alpha value is 0.997. The summed E-state index contributed by atoms with van der Waals surface area (Å²) in [7, 11) is 0. The normalized spacial score (nSPS) is 2.40. The van der Waals surface area contributed by atoms with E-state index in [-0.39, 0.29) is 24.7 Å². The van der Waals surface area contributed by atoms with Crippen molar-refractivity contribution in [3.8, 4) is 0 Å². The molecule has 0 aliphatic rings. The molecule has 5 heavy (non-hydrogen) atoms. The van der Waals surface area contributed by atoms with Crippen LogP contribution in [0, 0.1) is 0 Å². The van der Waals surface area contributed by atoms with Gasteiger partial charge in [-0.3, -0.25) is 0 Å². The van der Waals surface area contributed by atoms with E-state index in [2.05, 4.69) is 0 Å². The van der Waals surface area contributed by atoms with Gasteiger partial charge < -0.3 is 0 Å². The van der Waals surface area contributed by atoms with Crippen molar-refractivity contribution in [1.82, 2.24) is 0 Å². The Kier molecular flexibility index (Phi) is 37.5. The van der Waals surface area contributed by atoms with Crippen LogP contribution in [0.5, 0.6) is 0 Å². The zero-order valence-corrected chi connectivity index (χ0v) is 7.67. The van der Waals surface area contributed by atoms with E-state index in [9.17, 15) is 0 Å². The van der Waals surface area contributed by atoms with Crippen LogP contribution in [0.4, 0.5) is 0 Å². The minimum atomic E-state index is -2.00. The molecule has 0 bridgehead atoms. The Labute approximate surface area is 53.0 Å². The summed E-state index contributed by atoms with van der Waals surface area (Å²) in [4.78, 5) is 0. The van der Waals surface area contributed by atoms with E-state index in [0.29, 0.717) is 0 Å². The van der Waals surface area contributed by atoms with E-state index in [0.717, 1.165) is 0 Å². The van der Waals surface area contributed by atoms with Gasteiger partial charge in [-0.05, 0) is 0 Å². The fourth-order valence-corrected chi connectivity index (χ4v) is 0. The summed E-state index contributed by atoms with van der Waals surface area (Å²) in [6.07, 6.45) is 0. The molecule has 0 rings (SSSR count). The summed E-state index contributed by atoms with van der Waals surface area (Å²) in [6.45, 7) is 0. The van der Waals surface area contributed by atoms with Crippen molar-refractivity contribution < 1.29 is 28.6 Å². The van der Waals surface area contributed by atoms with Crippen LogP contribution in [-0.4, -0.2) is 24.7 Å². The van der Waals surface area contributed by atoms with Crippen molar-refractivity contribution in [3.63, 3.8) is 0 Å². The Balaban J connectivity index is 0. The third-order valence-corrected chi connectivity index (χ3v) is 0. The van der Waals surface area contributed by atoms with Gasteiger partial charge in [0.25, 0.3) is 0 Å². The van der Waals surface area contributed by atoms with Gasteiger partial charge in [0.15, 0.2) is 0 Å². The first-order valence-electron chi connectivity index (χ1n) is 0.612. The molecule has 0 saturated heterocycles. The molecule has 0 spiro atoms. The first-order valence-corrected chi connectivity index (χ1v) is 3.47. The van der Waals surface area contributed by atoms with Gasteiger partial charge in [-0.1, -0.05) is 0 Å². The van der Waals surface area contributed by atoms with Gasteiger partial charge in [0, 0.05) is 0 Å². The molecule has 28 valence electrons. The van der Waals surface area contributed by atoms with Crippen molar-refractivity contribution in [3.05, 3.63) is 0 Å². The van der Waals surface area contributed by atoms with E-state index in [4.69, 9.17) is 9.46 Å². The number of hydrogen-bond acceptors (Lipinski definition) is 3. The second kappa shape index (κ2) is 20.0. The zero-order valence-electron chi connectivity index (χ0n) is 2.22. The standard InChI is InChI=1S/Bi.3O.Ti.H. The molecule has 0 fully saturated rings. The summed E-state index contributed by atoms with van der Waals surface area (Å²) < 4.78 is 25.4. The number of rotatable bonds is 0. The molecular formula is HBiO3Ti. The van der Waals surface area contributed by atoms with Crippen LogP contribution in [0.1, 0.15) is 0 Å². The Morgan fingerprint density at radius 1 is 1.20 bits per heavy atom. The molecular weight excluding hydrogens is 305 g/mol. The summed E-state index contributed by atoms with van der Waals surface area (Å²) in [5, 5.41) is 0. The average molecular weight is 306 g/mol. The predicted octanol–water partition coefficient (Wildman–Crippen LogP) is -1.01. The van der Waals surface area contributed by atoms with Crippen LogP contribution in [0.15, 0.2) is 0 Å². The van der Waals surface area contributed by atoms with Gasteiger partial charge in [-0.15, -0.1) is 0 Å². The summed E-state index contributed by atoms with van der Waals surface area (Å²) >= 11 is -1.94. The van der Waals surface area contributed by atoms with Gasteiger partial charge >= 0.3 is 53.3 Å². The molecule has 0 aromatic rings. The van der Waals surface area contributed by atoms with Gasteiger partial charge in [0.1, 0.15) is 0 Å². The van der Waals surface area contributed by atoms with Gasteiger partial charge in [0.05, 0.1) is 0 Å². The Bertz CT molecular complexity index is 36.2. The first-order chi connectivity index (χ1) is 2.41. The maximum atomic E-state index is 8.50. The molecule has 0 unspecified atom stereocenters.